The van der Waals surface area contributed by atoms with E-state index in [1.54, 1.807) is 0 Å². The molecule has 0 saturated heterocycles. The van der Waals surface area contributed by atoms with Gasteiger partial charge in [-0.2, -0.15) is 0 Å². The molecule has 0 unspecified atom stereocenters. The highest BCUT2D eigenvalue weighted by Crippen LogP contribution is 2.44. The lowest BCUT2D eigenvalue weighted by atomic mass is 9.95. The molecule has 0 bridgehead atoms. The van der Waals surface area contributed by atoms with Gasteiger partial charge in [0.2, 0.25) is 0 Å². The van der Waals surface area contributed by atoms with Crippen LogP contribution in [0.15, 0.2) is 176 Å². The van der Waals surface area contributed by atoms with Crippen LogP contribution in [0, 0.1) is 0 Å². The van der Waals surface area contributed by atoms with E-state index in [1.807, 2.05) is 47.7 Å². The highest BCUT2D eigenvalue weighted by Gasteiger charge is 2.18. The van der Waals surface area contributed by atoms with Crippen molar-refractivity contribution in [1.82, 2.24) is 15.0 Å². The summed E-state index contributed by atoms with van der Waals surface area (Å²) in [6.07, 6.45) is 0. The van der Waals surface area contributed by atoms with Crippen molar-refractivity contribution in [2.24, 2.45) is 0 Å². The van der Waals surface area contributed by atoms with Crippen LogP contribution in [-0.4, -0.2) is 15.0 Å². The van der Waals surface area contributed by atoms with Gasteiger partial charge in [-0.3, -0.25) is 0 Å². The minimum atomic E-state index is 0.718. The Labute approximate surface area is 299 Å². The molecule has 0 amide bonds. The van der Waals surface area contributed by atoms with Gasteiger partial charge in [-0.05, 0) is 46.8 Å². The predicted molar refractivity (Wildman–Crippen MR) is 215 cm³/mol. The molecule has 0 aliphatic heterocycles. The van der Waals surface area contributed by atoms with Crippen molar-refractivity contribution in [2.75, 3.05) is 0 Å². The van der Waals surface area contributed by atoms with Gasteiger partial charge in [-0.1, -0.05) is 146 Å². The maximum atomic E-state index is 5.27. The van der Waals surface area contributed by atoms with Crippen molar-refractivity contribution in [3.63, 3.8) is 0 Å². The Hall–Kier alpha value is -6.49. The Kier molecular flexibility index (Phi) is 7.00. The van der Waals surface area contributed by atoms with Crippen LogP contribution in [0.5, 0.6) is 0 Å². The maximum Gasteiger partial charge on any atom is 0.160 e. The normalized spacial score (nSPS) is 11.5. The minimum Gasteiger partial charge on any atom is -0.247 e. The molecule has 238 valence electrons. The number of aromatic nitrogens is 3. The van der Waals surface area contributed by atoms with Gasteiger partial charge >= 0.3 is 0 Å². The van der Waals surface area contributed by atoms with Crippen molar-refractivity contribution in [3.05, 3.63) is 176 Å². The average Bonchev–Trinajstić information content (AvgIpc) is 3.60. The smallest absolute Gasteiger partial charge is 0.160 e. The molecule has 7 aromatic carbocycles. The summed E-state index contributed by atoms with van der Waals surface area (Å²) in [6, 6.07) is 61.9. The van der Waals surface area contributed by atoms with Gasteiger partial charge in [0, 0.05) is 53.2 Å². The molecule has 0 radical (unpaired) electrons. The van der Waals surface area contributed by atoms with E-state index in [0.29, 0.717) is 0 Å². The molecule has 0 aliphatic rings. The molecule has 4 heteroatoms. The Morgan fingerprint density at radius 1 is 0.333 bits per heavy atom. The zero-order chi connectivity index (χ0) is 33.7. The molecular formula is C47H29N3S. The molecule has 0 saturated carbocycles. The van der Waals surface area contributed by atoms with E-state index in [9.17, 15) is 0 Å². The fourth-order valence-corrected chi connectivity index (χ4v) is 8.29. The second kappa shape index (κ2) is 12.1. The lowest BCUT2D eigenvalue weighted by molar-refractivity contribution is 1.18. The van der Waals surface area contributed by atoms with Crippen LogP contribution < -0.4 is 0 Å². The summed E-state index contributed by atoms with van der Waals surface area (Å²) < 4.78 is 2.54. The van der Waals surface area contributed by atoms with Crippen LogP contribution in [0.25, 0.3) is 98.1 Å². The van der Waals surface area contributed by atoms with Crippen molar-refractivity contribution in [1.29, 1.82) is 0 Å². The number of hydrogen-bond donors (Lipinski definition) is 0. The first-order valence-electron chi connectivity index (χ1n) is 17.1. The summed E-state index contributed by atoms with van der Waals surface area (Å²) in [5, 5.41) is 6.15. The molecule has 0 aliphatic carbocycles. The molecular weight excluding hydrogens is 639 g/mol. The summed E-state index contributed by atoms with van der Waals surface area (Å²) >= 11 is 1.85. The van der Waals surface area contributed by atoms with E-state index in [-0.39, 0.29) is 0 Å². The standard InChI is InChI=1S/C47H29N3S/c1-4-12-31(13-5-1)40-29-41(50-47(49-40)34-16-8-3-9-17-34)32-22-20-30(21-23-32)35-24-26-42-38(28-35)44-43(51-42)27-25-37-36-18-10-11-19-39(36)48-46(45(37)44)33-14-6-2-7-15-33/h1-29H. The third-order valence-electron chi connectivity index (χ3n) is 9.69. The Bertz CT molecular complexity index is 2820. The third-order valence-corrected chi connectivity index (χ3v) is 10.8. The SMILES string of the molecule is c1ccc(-c2cc(-c3ccc(-c4ccc5sc6ccc7c8ccccc8nc(-c8ccccc8)c7c6c5c4)cc3)nc(-c3ccccc3)n2)cc1. The summed E-state index contributed by atoms with van der Waals surface area (Å²) in [4.78, 5) is 15.3. The molecule has 3 aromatic heterocycles. The quantitative estimate of drug-likeness (QED) is 0.171. The fraction of sp³-hybridized carbons (Fsp3) is 0. The van der Waals surface area contributed by atoms with E-state index in [4.69, 9.17) is 15.0 Å². The lowest BCUT2D eigenvalue weighted by Gasteiger charge is -2.12. The van der Waals surface area contributed by atoms with Gasteiger partial charge in [0.25, 0.3) is 0 Å². The second-order valence-electron chi connectivity index (χ2n) is 12.8. The summed E-state index contributed by atoms with van der Waals surface area (Å²) in [7, 11) is 0. The van der Waals surface area contributed by atoms with E-state index in [0.717, 1.165) is 56.2 Å². The molecule has 10 aromatic rings. The maximum absolute atomic E-state index is 5.27. The lowest BCUT2D eigenvalue weighted by Crippen LogP contribution is -1.95. The van der Waals surface area contributed by atoms with Crippen LogP contribution >= 0.6 is 11.3 Å². The molecule has 0 spiro atoms. The predicted octanol–water partition coefficient (Wildman–Crippen LogP) is 12.9. The average molecular weight is 668 g/mol. The van der Waals surface area contributed by atoms with Crippen LogP contribution in [0.3, 0.4) is 0 Å². The van der Waals surface area contributed by atoms with Crippen molar-refractivity contribution in [2.45, 2.75) is 0 Å². The molecule has 0 N–H and O–H groups in total. The van der Waals surface area contributed by atoms with E-state index >= 15 is 0 Å². The number of rotatable bonds is 5. The van der Waals surface area contributed by atoms with Gasteiger partial charge in [0.05, 0.1) is 22.6 Å². The van der Waals surface area contributed by atoms with E-state index in [1.165, 1.54) is 41.9 Å². The zero-order valence-electron chi connectivity index (χ0n) is 27.5. The Morgan fingerprint density at radius 3 is 1.63 bits per heavy atom. The summed E-state index contributed by atoms with van der Waals surface area (Å²) in [5.41, 5.74) is 10.4. The van der Waals surface area contributed by atoms with E-state index in [2.05, 4.69) is 140 Å². The van der Waals surface area contributed by atoms with Gasteiger partial charge in [-0.25, -0.2) is 15.0 Å². The number of thiophene rings is 1. The molecule has 0 fully saturated rings. The molecule has 51 heavy (non-hydrogen) atoms. The monoisotopic (exact) mass is 667 g/mol. The first-order chi connectivity index (χ1) is 25.3. The Morgan fingerprint density at radius 2 is 0.902 bits per heavy atom. The molecule has 3 heterocycles. The number of nitrogens with zero attached hydrogens (tertiary/aromatic N) is 3. The van der Waals surface area contributed by atoms with Crippen LogP contribution in [-0.2, 0) is 0 Å². The largest absolute Gasteiger partial charge is 0.247 e. The fourth-order valence-electron chi connectivity index (χ4n) is 7.20. The van der Waals surface area contributed by atoms with Gasteiger partial charge in [0.15, 0.2) is 5.82 Å². The molecule has 10 rings (SSSR count). The van der Waals surface area contributed by atoms with Gasteiger partial charge < -0.3 is 0 Å². The highest BCUT2D eigenvalue weighted by molar-refractivity contribution is 7.26. The number of para-hydroxylation sites is 1. The molecule has 3 nitrogen and oxygen atoms in total. The van der Waals surface area contributed by atoms with Crippen LogP contribution in [0.1, 0.15) is 0 Å². The van der Waals surface area contributed by atoms with Crippen LogP contribution in [0.4, 0.5) is 0 Å². The first kappa shape index (κ1) is 29.4. The summed E-state index contributed by atoms with van der Waals surface area (Å²) in [5.74, 6) is 0.718. The first-order valence-corrected chi connectivity index (χ1v) is 17.9. The zero-order valence-corrected chi connectivity index (χ0v) is 28.3. The van der Waals surface area contributed by atoms with Crippen molar-refractivity contribution < 1.29 is 0 Å². The van der Waals surface area contributed by atoms with Gasteiger partial charge in [0.1, 0.15) is 0 Å². The Balaban J connectivity index is 1.12. The van der Waals surface area contributed by atoms with Crippen molar-refractivity contribution in [3.8, 4) is 56.3 Å². The van der Waals surface area contributed by atoms with E-state index < -0.39 is 0 Å². The second-order valence-corrected chi connectivity index (χ2v) is 13.9. The number of benzene rings is 7. The van der Waals surface area contributed by atoms with Crippen LogP contribution in [0.2, 0.25) is 0 Å². The number of fused-ring (bicyclic) bond motifs is 7. The molecule has 0 atom stereocenters. The van der Waals surface area contributed by atoms with Gasteiger partial charge in [-0.15, -0.1) is 11.3 Å². The minimum absolute atomic E-state index is 0.718. The van der Waals surface area contributed by atoms with Crippen molar-refractivity contribution >= 4 is 53.2 Å². The number of hydrogen-bond acceptors (Lipinski definition) is 4. The highest BCUT2D eigenvalue weighted by atomic mass is 32.1. The summed E-state index contributed by atoms with van der Waals surface area (Å²) in [6.45, 7) is 0. The number of pyridine rings is 1. The topological polar surface area (TPSA) is 38.7 Å². The third kappa shape index (κ3) is 5.16.